The second-order valence-corrected chi connectivity index (χ2v) is 7.47. The van der Waals surface area contributed by atoms with Gasteiger partial charge in [-0.1, -0.05) is 29.5 Å². The quantitative estimate of drug-likeness (QED) is 0.679. The third kappa shape index (κ3) is 2.34. The molecule has 2 atom stereocenters. The van der Waals surface area contributed by atoms with Crippen LogP contribution < -0.4 is 0 Å². The van der Waals surface area contributed by atoms with Gasteiger partial charge in [0.2, 0.25) is 0 Å². The summed E-state index contributed by atoms with van der Waals surface area (Å²) in [5.74, 6) is 0.601. The highest BCUT2D eigenvalue weighted by atomic mass is 16.2. The predicted molar refractivity (Wildman–Crippen MR) is 100 cm³/mol. The lowest BCUT2D eigenvalue weighted by molar-refractivity contribution is 0.0547. The van der Waals surface area contributed by atoms with Crippen LogP contribution in [-0.4, -0.2) is 38.4 Å². The van der Waals surface area contributed by atoms with Crippen molar-refractivity contribution < 1.29 is 4.79 Å². The number of likely N-dealkylation sites (tertiary alicyclic amines) is 1. The van der Waals surface area contributed by atoms with Gasteiger partial charge in [0.25, 0.3) is 5.91 Å². The molecule has 1 aliphatic heterocycles. The van der Waals surface area contributed by atoms with Crippen LogP contribution in [0.2, 0.25) is 0 Å². The molecule has 2 aromatic carbocycles. The zero-order valence-electron chi connectivity index (χ0n) is 14.9. The van der Waals surface area contributed by atoms with E-state index in [0.29, 0.717) is 12.0 Å². The van der Waals surface area contributed by atoms with Gasteiger partial charge in [0.15, 0.2) is 0 Å². The Hall–Kier alpha value is -2.69. The van der Waals surface area contributed by atoms with Gasteiger partial charge in [-0.2, -0.15) is 0 Å². The predicted octanol–water partition coefficient (Wildman–Crippen LogP) is 3.30. The summed E-state index contributed by atoms with van der Waals surface area (Å²) in [6.45, 7) is 0.848. The highest BCUT2D eigenvalue weighted by Gasteiger charge is 2.38. The van der Waals surface area contributed by atoms with E-state index in [1.165, 1.54) is 17.5 Å². The van der Waals surface area contributed by atoms with E-state index in [1.54, 1.807) is 4.68 Å². The SMILES string of the molecule is Cn1nnc2cc(C(=O)N3CCC[C@H]4c5ccccc5CC[C@H]43)ccc21. The molecule has 0 bridgehead atoms. The Bertz CT molecular complexity index is 993. The van der Waals surface area contributed by atoms with Crippen molar-refractivity contribution in [3.05, 3.63) is 59.2 Å². The van der Waals surface area contributed by atoms with E-state index >= 15 is 0 Å². The number of rotatable bonds is 1. The number of carbonyl (C=O) groups excluding carboxylic acids is 1. The number of hydrogen-bond donors (Lipinski definition) is 0. The van der Waals surface area contributed by atoms with E-state index in [1.807, 2.05) is 25.2 Å². The van der Waals surface area contributed by atoms with Crippen LogP contribution in [-0.2, 0) is 13.5 Å². The molecule has 0 saturated carbocycles. The molecule has 1 aromatic heterocycles. The Morgan fingerprint density at radius 1 is 1.15 bits per heavy atom. The number of amides is 1. The average molecular weight is 346 g/mol. The molecular weight excluding hydrogens is 324 g/mol. The number of fused-ring (bicyclic) bond motifs is 4. The molecule has 2 heterocycles. The van der Waals surface area contributed by atoms with Gasteiger partial charge in [0, 0.05) is 31.1 Å². The number of aromatic nitrogens is 3. The largest absolute Gasteiger partial charge is 0.335 e. The van der Waals surface area contributed by atoms with Gasteiger partial charge < -0.3 is 4.90 Å². The normalized spacial score (nSPS) is 22.1. The van der Waals surface area contributed by atoms with E-state index in [4.69, 9.17) is 0 Å². The number of benzene rings is 2. The van der Waals surface area contributed by atoms with Crippen LogP contribution in [0.4, 0.5) is 0 Å². The molecule has 0 spiro atoms. The van der Waals surface area contributed by atoms with Crippen molar-refractivity contribution in [3.8, 4) is 0 Å². The maximum atomic E-state index is 13.3. The van der Waals surface area contributed by atoms with Gasteiger partial charge in [0.05, 0.1) is 5.52 Å². The summed E-state index contributed by atoms with van der Waals surface area (Å²) in [5.41, 5.74) is 5.36. The van der Waals surface area contributed by atoms with Crippen LogP contribution in [0.25, 0.3) is 11.0 Å². The van der Waals surface area contributed by atoms with Crippen LogP contribution in [0.5, 0.6) is 0 Å². The Morgan fingerprint density at radius 3 is 2.96 bits per heavy atom. The Labute approximate surface area is 152 Å². The molecule has 0 unspecified atom stereocenters. The fourth-order valence-electron chi connectivity index (χ4n) is 4.80. The first kappa shape index (κ1) is 15.6. The molecule has 1 fully saturated rings. The second kappa shape index (κ2) is 5.94. The Kier molecular flexibility index (Phi) is 3.55. The van der Waals surface area contributed by atoms with Crippen molar-refractivity contribution in [2.45, 2.75) is 37.6 Å². The van der Waals surface area contributed by atoms with Crippen LogP contribution >= 0.6 is 0 Å². The van der Waals surface area contributed by atoms with Crippen molar-refractivity contribution >= 4 is 16.9 Å². The number of hydrogen-bond acceptors (Lipinski definition) is 3. The first-order valence-corrected chi connectivity index (χ1v) is 9.40. The van der Waals surface area contributed by atoms with Gasteiger partial charge in [-0.15, -0.1) is 5.10 Å². The minimum Gasteiger partial charge on any atom is -0.335 e. The maximum absolute atomic E-state index is 13.3. The molecule has 1 aliphatic carbocycles. The number of nitrogens with zero attached hydrogens (tertiary/aromatic N) is 4. The summed E-state index contributed by atoms with van der Waals surface area (Å²) in [4.78, 5) is 15.4. The molecule has 3 aromatic rings. The van der Waals surface area contributed by atoms with Gasteiger partial charge in [0.1, 0.15) is 5.52 Å². The molecular formula is C21H22N4O. The van der Waals surface area contributed by atoms with Crippen LogP contribution in [0.15, 0.2) is 42.5 Å². The molecule has 0 N–H and O–H groups in total. The zero-order valence-corrected chi connectivity index (χ0v) is 14.9. The van der Waals surface area contributed by atoms with E-state index in [-0.39, 0.29) is 5.91 Å². The molecule has 2 aliphatic rings. The average Bonchev–Trinajstić information content (AvgIpc) is 3.07. The van der Waals surface area contributed by atoms with Gasteiger partial charge in [-0.25, -0.2) is 4.68 Å². The summed E-state index contributed by atoms with van der Waals surface area (Å²) < 4.78 is 1.73. The first-order chi connectivity index (χ1) is 12.7. The lowest BCUT2D eigenvalue weighted by atomic mass is 9.74. The second-order valence-electron chi connectivity index (χ2n) is 7.47. The summed E-state index contributed by atoms with van der Waals surface area (Å²) >= 11 is 0. The zero-order chi connectivity index (χ0) is 17.7. The molecule has 0 radical (unpaired) electrons. The molecule has 1 saturated heterocycles. The van der Waals surface area contributed by atoms with E-state index in [2.05, 4.69) is 39.5 Å². The summed E-state index contributed by atoms with van der Waals surface area (Å²) in [6, 6.07) is 14.8. The fourth-order valence-corrected chi connectivity index (χ4v) is 4.80. The van der Waals surface area contributed by atoms with Crippen molar-refractivity contribution in [3.63, 3.8) is 0 Å². The molecule has 5 heteroatoms. The van der Waals surface area contributed by atoms with E-state index < -0.39 is 0 Å². The molecule has 5 rings (SSSR count). The maximum Gasteiger partial charge on any atom is 0.254 e. The number of aryl methyl sites for hydroxylation is 2. The van der Waals surface area contributed by atoms with Crippen LogP contribution in [0.1, 0.15) is 46.7 Å². The third-order valence-corrected chi connectivity index (χ3v) is 6.06. The first-order valence-electron chi connectivity index (χ1n) is 9.40. The van der Waals surface area contributed by atoms with Crippen LogP contribution in [0.3, 0.4) is 0 Å². The van der Waals surface area contributed by atoms with Gasteiger partial charge in [-0.05, 0) is 55.0 Å². The van der Waals surface area contributed by atoms with Gasteiger partial charge in [-0.3, -0.25) is 4.79 Å². The summed E-state index contributed by atoms with van der Waals surface area (Å²) in [7, 11) is 1.87. The monoisotopic (exact) mass is 346 g/mol. The number of piperidine rings is 1. The van der Waals surface area contributed by atoms with Crippen molar-refractivity contribution in [2.75, 3.05) is 6.54 Å². The minimum atomic E-state index is 0.131. The fraction of sp³-hybridized carbons (Fsp3) is 0.381. The van der Waals surface area contributed by atoms with E-state index in [9.17, 15) is 4.79 Å². The van der Waals surface area contributed by atoms with Gasteiger partial charge >= 0.3 is 0 Å². The Morgan fingerprint density at radius 2 is 2.04 bits per heavy atom. The molecule has 1 amide bonds. The molecule has 132 valence electrons. The van der Waals surface area contributed by atoms with Crippen molar-refractivity contribution in [1.82, 2.24) is 19.9 Å². The van der Waals surface area contributed by atoms with Crippen molar-refractivity contribution in [2.24, 2.45) is 7.05 Å². The third-order valence-electron chi connectivity index (χ3n) is 6.06. The summed E-state index contributed by atoms with van der Waals surface area (Å²) in [5, 5.41) is 8.20. The standard InChI is InChI=1S/C21H22N4O/c1-24-20-11-9-15(13-18(20)22-23-24)21(26)25-12-4-7-17-16-6-3-2-5-14(16)8-10-19(17)25/h2-3,5-6,9,11,13,17,19H,4,7-8,10,12H2,1H3/t17-,19+/m0/s1. The lowest BCUT2D eigenvalue weighted by Crippen LogP contribution is -2.49. The molecule has 26 heavy (non-hydrogen) atoms. The highest BCUT2D eigenvalue weighted by molar-refractivity contribution is 5.97. The van der Waals surface area contributed by atoms with Crippen molar-refractivity contribution in [1.29, 1.82) is 0 Å². The molecule has 5 nitrogen and oxygen atoms in total. The number of carbonyl (C=O) groups is 1. The topological polar surface area (TPSA) is 51.0 Å². The smallest absolute Gasteiger partial charge is 0.254 e. The minimum absolute atomic E-state index is 0.131. The lowest BCUT2D eigenvalue weighted by Gasteiger charge is -2.45. The summed E-state index contributed by atoms with van der Waals surface area (Å²) in [6.07, 6.45) is 4.36. The highest BCUT2D eigenvalue weighted by Crippen LogP contribution is 2.41. The Balaban J connectivity index is 1.48. The van der Waals surface area contributed by atoms with Crippen LogP contribution in [0, 0.1) is 0 Å². The van der Waals surface area contributed by atoms with E-state index in [0.717, 1.165) is 42.4 Å².